The summed E-state index contributed by atoms with van der Waals surface area (Å²) in [6.45, 7) is 5.06. The third kappa shape index (κ3) is 3.21. The minimum atomic E-state index is 0.847. The summed E-state index contributed by atoms with van der Waals surface area (Å²) in [7, 11) is 1.89. The zero-order chi connectivity index (χ0) is 13.7. The molecule has 0 unspecified atom stereocenters. The Morgan fingerprint density at radius 3 is 2.63 bits per heavy atom. The largest absolute Gasteiger partial charge is 0.370 e. The molecule has 2 aromatic heterocycles. The van der Waals surface area contributed by atoms with Crippen LogP contribution in [0.5, 0.6) is 0 Å². The second-order valence-corrected chi connectivity index (χ2v) is 4.36. The van der Waals surface area contributed by atoms with Crippen molar-refractivity contribution in [2.45, 2.75) is 26.7 Å². The first-order chi connectivity index (χ1) is 9.24. The average molecular weight is 260 g/mol. The van der Waals surface area contributed by atoms with Crippen molar-refractivity contribution in [2.75, 3.05) is 17.2 Å². The van der Waals surface area contributed by atoms with Gasteiger partial charge in [0.1, 0.15) is 18.0 Å². The van der Waals surface area contributed by atoms with Crippen molar-refractivity contribution in [1.82, 2.24) is 19.7 Å². The van der Waals surface area contributed by atoms with Gasteiger partial charge in [0.15, 0.2) is 0 Å². The van der Waals surface area contributed by atoms with Crippen molar-refractivity contribution in [3.8, 4) is 0 Å². The van der Waals surface area contributed by atoms with E-state index in [2.05, 4.69) is 39.5 Å². The van der Waals surface area contributed by atoms with Crippen LogP contribution in [0.4, 0.5) is 17.3 Å². The molecule has 102 valence electrons. The molecular formula is C13H20N6. The van der Waals surface area contributed by atoms with E-state index in [0.29, 0.717) is 0 Å². The van der Waals surface area contributed by atoms with Crippen LogP contribution in [-0.4, -0.2) is 26.3 Å². The molecule has 6 nitrogen and oxygen atoms in total. The molecule has 2 N–H and O–H groups in total. The summed E-state index contributed by atoms with van der Waals surface area (Å²) in [6.07, 6.45) is 7.27. The Bertz CT molecular complexity index is 534. The third-order valence-electron chi connectivity index (χ3n) is 2.76. The van der Waals surface area contributed by atoms with E-state index < -0.39 is 0 Å². The van der Waals surface area contributed by atoms with Crippen LogP contribution >= 0.6 is 0 Å². The van der Waals surface area contributed by atoms with Gasteiger partial charge in [-0.15, -0.1) is 0 Å². The Labute approximate surface area is 113 Å². The van der Waals surface area contributed by atoms with Gasteiger partial charge in [-0.25, -0.2) is 9.97 Å². The molecule has 2 heterocycles. The highest BCUT2D eigenvalue weighted by atomic mass is 15.3. The van der Waals surface area contributed by atoms with Crippen molar-refractivity contribution in [3.63, 3.8) is 0 Å². The fourth-order valence-electron chi connectivity index (χ4n) is 1.95. The number of hydrogen-bond donors (Lipinski definition) is 2. The van der Waals surface area contributed by atoms with E-state index >= 15 is 0 Å². The Morgan fingerprint density at radius 2 is 2.00 bits per heavy atom. The van der Waals surface area contributed by atoms with Gasteiger partial charge in [-0.3, -0.25) is 4.68 Å². The maximum atomic E-state index is 4.35. The molecule has 2 aromatic rings. The quantitative estimate of drug-likeness (QED) is 0.834. The molecular weight excluding hydrogens is 240 g/mol. The fourth-order valence-corrected chi connectivity index (χ4v) is 1.95. The SMILES string of the molecule is CCCc1c(NCC)ncnc1Nc1cnn(C)c1. The number of aromatic nitrogens is 4. The molecule has 0 fully saturated rings. The van der Waals surface area contributed by atoms with Gasteiger partial charge in [-0.2, -0.15) is 5.10 Å². The third-order valence-corrected chi connectivity index (χ3v) is 2.76. The number of rotatable bonds is 6. The summed E-state index contributed by atoms with van der Waals surface area (Å²) in [4.78, 5) is 8.66. The molecule has 0 amide bonds. The number of hydrogen-bond acceptors (Lipinski definition) is 5. The Balaban J connectivity index is 2.29. The van der Waals surface area contributed by atoms with E-state index in [9.17, 15) is 0 Å². The van der Waals surface area contributed by atoms with E-state index in [1.807, 2.05) is 13.2 Å². The van der Waals surface area contributed by atoms with Crippen molar-refractivity contribution in [3.05, 3.63) is 24.3 Å². The highest BCUT2D eigenvalue weighted by molar-refractivity contribution is 5.64. The fraction of sp³-hybridized carbons (Fsp3) is 0.462. The van der Waals surface area contributed by atoms with Crippen molar-refractivity contribution >= 4 is 17.3 Å². The van der Waals surface area contributed by atoms with Gasteiger partial charge in [0, 0.05) is 25.4 Å². The van der Waals surface area contributed by atoms with Crippen LogP contribution in [0, 0.1) is 0 Å². The van der Waals surface area contributed by atoms with Crippen LogP contribution in [0.1, 0.15) is 25.8 Å². The normalized spacial score (nSPS) is 10.5. The smallest absolute Gasteiger partial charge is 0.139 e. The topological polar surface area (TPSA) is 67.7 Å². The summed E-state index contributed by atoms with van der Waals surface area (Å²) in [5.74, 6) is 1.76. The zero-order valence-electron chi connectivity index (χ0n) is 11.6. The van der Waals surface area contributed by atoms with Crippen molar-refractivity contribution in [2.24, 2.45) is 7.05 Å². The van der Waals surface area contributed by atoms with Gasteiger partial charge in [-0.1, -0.05) is 13.3 Å². The van der Waals surface area contributed by atoms with Crippen molar-refractivity contribution in [1.29, 1.82) is 0 Å². The first kappa shape index (κ1) is 13.3. The lowest BCUT2D eigenvalue weighted by Gasteiger charge is -2.13. The highest BCUT2D eigenvalue weighted by Crippen LogP contribution is 2.24. The predicted octanol–water partition coefficient (Wildman–Crippen LogP) is 2.34. The Hall–Kier alpha value is -2.11. The highest BCUT2D eigenvalue weighted by Gasteiger charge is 2.10. The number of aryl methyl sites for hydroxylation is 1. The monoisotopic (exact) mass is 260 g/mol. The molecule has 0 aliphatic heterocycles. The van der Waals surface area contributed by atoms with Gasteiger partial charge >= 0.3 is 0 Å². The lowest BCUT2D eigenvalue weighted by molar-refractivity contribution is 0.768. The molecule has 0 saturated carbocycles. The maximum absolute atomic E-state index is 4.35. The molecule has 0 aliphatic carbocycles. The van der Waals surface area contributed by atoms with Gasteiger partial charge in [0.25, 0.3) is 0 Å². The number of nitrogens with one attached hydrogen (secondary N) is 2. The second-order valence-electron chi connectivity index (χ2n) is 4.36. The minimum absolute atomic E-state index is 0.847. The molecule has 0 aromatic carbocycles. The molecule has 0 radical (unpaired) electrons. The van der Waals surface area contributed by atoms with E-state index in [4.69, 9.17) is 0 Å². The standard InChI is InChI=1S/C13H20N6/c1-4-6-11-12(14-5-2)15-9-16-13(11)18-10-7-17-19(3)8-10/h7-9H,4-6H2,1-3H3,(H2,14,15,16,18). The summed E-state index contributed by atoms with van der Waals surface area (Å²) < 4.78 is 1.76. The Morgan fingerprint density at radius 1 is 1.21 bits per heavy atom. The van der Waals surface area contributed by atoms with Gasteiger partial charge in [-0.05, 0) is 13.3 Å². The van der Waals surface area contributed by atoms with Crippen LogP contribution < -0.4 is 10.6 Å². The van der Waals surface area contributed by atoms with Gasteiger partial charge < -0.3 is 10.6 Å². The molecule has 2 rings (SSSR count). The van der Waals surface area contributed by atoms with Crippen LogP contribution in [0.3, 0.4) is 0 Å². The first-order valence-electron chi connectivity index (χ1n) is 6.58. The summed E-state index contributed by atoms with van der Waals surface area (Å²) >= 11 is 0. The zero-order valence-corrected chi connectivity index (χ0v) is 11.6. The molecule has 0 saturated heterocycles. The minimum Gasteiger partial charge on any atom is -0.370 e. The average Bonchev–Trinajstić information content (AvgIpc) is 2.79. The van der Waals surface area contributed by atoms with Gasteiger partial charge in [0.2, 0.25) is 0 Å². The Kier molecular flexibility index (Phi) is 4.33. The molecule has 0 atom stereocenters. The van der Waals surface area contributed by atoms with Crippen LogP contribution in [0.2, 0.25) is 0 Å². The molecule has 0 bridgehead atoms. The molecule has 0 spiro atoms. The van der Waals surface area contributed by atoms with Crippen molar-refractivity contribution < 1.29 is 0 Å². The lowest BCUT2D eigenvalue weighted by atomic mass is 10.1. The maximum Gasteiger partial charge on any atom is 0.139 e. The summed E-state index contributed by atoms with van der Waals surface area (Å²) in [5, 5.41) is 10.7. The van der Waals surface area contributed by atoms with Gasteiger partial charge in [0.05, 0.1) is 11.9 Å². The van der Waals surface area contributed by atoms with Crippen LogP contribution in [-0.2, 0) is 13.5 Å². The predicted molar refractivity (Wildman–Crippen MR) is 76.7 cm³/mol. The first-order valence-corrected chi connectivity index (χ1v) is 6.58. The molecule has 0 aliphatic rings. The molecule has 19 heavy (non-hydrogen) atoms. The van der Waals surface area contributed by atoms with E-state index in [-0.39, 0.29) is 0 Å². The van der Waals surface area contributed by atoms with E-state index in [1.54, 1.807) is 17.2 Å². The number of nitrogens with zero attached hydrogens (tertiary/aromatic N) is 4. The van der Waals surface area contributed by atoms with E-state index in [1.165, 1.54) is 0 Å². The van der Waals surface area contributed by atoms with Crippen LogP contribution in [0.15, 0.2) is 18.7 Å². The second kappa shape index (κ2) is 6.17. The number of anilines is 3. The summed E-state index contributed by atoms with van der Waals surface area (Å²) in [5.41, 5.74) is 2.05. The van der Waals surface area contributed by atoms with Crippen LogP contribution in [0.25, 0.3) is 0 Å². The molecule has 6 heteroatoms. The van der Waals surface area contributed by atoms with E-state index in [0.717, 1.165) is 42.3 Å². The summed E-state index contributed by atoms with van der Waals surface area (Å²) in [6, 6.07) is 0. The lowest BCUT2D eigenvalue weighted by Crippen LogP contribution is -2.07.